The average molecular weight is 380 g/mol. The standard InChI is InChI=1S/C21H24N4O3/c1-21(22,14-15-7-4-3-5-8-15)20-25-24-19(28-20)16-9-6-10-17(13-16)23-12-11-18(26)27-2/h3-10,13,23H,11-12,14,22H2,1-2H3/t21-/m1/s1. The summed E-state index contributed by atoms with van der Waals surface area (Å²) in [6.45, 7) is 2.35. The minimum absolute atomic E-state index is 0.258. The summed E-state index contributed by atoms with van der Waals surface area (Å²) in [5.41, 5.74) is 8.40. The van der Waals surface area contributed by atoms with Gasteiger partial charge in [-0.05, 0) is 37.1 Å². The molecule has 3 rings (SSSR count). The van der Waals surface area contributed by atoms with E-state index < -0.39 is 5.54 Å². The second kappa shape index (κ2) is 8.67. The normalized spacial score (nSPS) is 13.0. The largest absolute Gasteiger partial charge is 0.469 e. The zero-order valence-electron chi connectivity index (χ0n) is 16.0. The number of nitrogens with two attached hydrogens (primary N) is 1. The molecule has 0 saturated carbocycles. The number of nitrogens with one attached hydrogen (secondary N) is 1. The lowest BCUT2D eigenvalue weighted by Gasteiger charge is -2.20. The molecule has 0 fully saturated rings. The number of methoxy groups -OCH3 is 1. The fourth-order valence-electron chi connectivity index (χ4n) is 2.84. The number of ether oxygens (including phenoxy) is 1. The van der Waals surface area contributed by atoms with Crippen LogP contribution in [0.4, 0.5) is 5.69 Å². The highest BCUT2D eigenvalue weighted by atomic mass is 16.5. The molecule has 1 heterocycles. The molecule has 0 aliphatic rings. The molecule has 28 heavy (non-hydrogen) atoms. The summed E-state index contributed by atoms with van der Waals surface area (Å²) in [4.78, 5) is 11.2. The monoisotopic (exact) mass is 380 g/mol. The van der Waals surface area contributed by atoms with E-state index in [0.29, 0.717) is 24.7 Å². The maximum Gasteiger partial charge on any atom is 0.307 e. The highest BCUT2D eigenvalue weighted by Crippen LogP contribution is 2.27. The van der Waals surface area contributed by atoms with Crippen molar-refractivity contribution in [2.45, 2.75) is 25.3 Å². The van der Waals surface area contributed by atoms with Crippen LogP contribution in [0.3, 0.4) is 0 Å². The zero-order chi connectivity index (χ0) is 20.0. The Hall–Kier alpha value is -3.19. The van der Waals surface area contributed by atoms with E-state index in [0.717, 1.165) is 16.8 Å². The first-order chi connectivity index (χ1) is 13.5. The third-order valence-corrected chi connectivity index (χ3v) is 4.32. The quantitative estimate of drug-likeness (QED) is 0.579. The van der Waals surface area contributed by atoms with Crippen LogP contribution in [-0.4, -0.2) is 29.8 Å². The number of hydrogen-bond acceptors (Lipinski definition) is 7. The molecule has 1 atom stereocenters. The van der Waals surface area contributed by atoms with Crippen LogP contribution in [0.1, 0.15) is 24.8 Å². The predicted molar refractivity (Wildman–Crippen MR) is 107 cm³/mol. The van der Waals surface area contributed by atoms with E-state index in [4.69, 9.17) is 10.2 Å². The van der Waals surface area contributed by atoms with Crippen LogP contribution in [0.5, 0.6) is 0 Å². The molecule has 0 aliphatic carbocycles. The summed E-state index contributed by atoms with van der Waals surface area (Å²) in [5.74, 6) is 0.526. The lowest BCUT2D eigenvalue weighted by molar-refractivity contribution is -0.140. The molecule has 146 valence electrons. The summed E-state index contributed by atoms with van der Waals surface area (Å²) >= 11 is 0. The molecule has 0 bridgehead atoms. The second-order valence-electron chi connectivity index (χ2n) is 6.83. The summed E-state index contributed by atoms with van der Waals surface area (Å²) in [7, 11) is 1.37. The third kappa shape index (κ3) is 4.95. The van der Waals surface area contributed by atoms with Gasteiger partial charge in [0.05, 0.1) is 19.1 Å². The number of anilines is 1. The molecule has 7 nitrogen and oxygen atoms in total. The van der Waals surface area contributed by atoms with E-state index in [9.17, 15) is 4.79 Å². The molecule has 0 radical (unpaired) electrons. The van der Waals surface area contributed by atoms with Gasteiger partial charge in [-0.1, -0.05) is 36.4 Å². The Kier molecular flexibility index (Phi) is 6.06. The number of carbonyl (C=O) groups excluding carboxylic acids is 1. The minimum atomic E-state index is -0.775. The molecule has 7 heteroatoms. The lowest BCUT2D eigenvalue weighted by Crippen LogP contribution is -2.35. The Balaban J connectivity index is 1.71. The van der Waals surface area contributed by atoms with Gasteiger partial charge in [0.25, 0.3) is 0 Å². The number of hydrogen-bond donors (Lipinski definition) is 2. The number of rotatable bonds is 8. The minimum Gasteiger partial charge on any atom is -0.469 e. The maximum atomic E-state index is 11.2. The van der Waals surface area contributed by atoms with Crippen molar-refractivity contribution in [2.24, 2.45) is 5.73 Å². The first kappa shape index (κ1) is 19.6. The van der Waals surface area contributed by atoms with Crippen LogP contribution < -0.4 is 11.1 Å². The van der Waals surface area contributed by atoms with Crippen molar-refractivity contribution >= 4 is 11.7 Å². The van der Waals surface area contributed by atoms with Gasteiger partial charge < -0.3 is 20.2 Å². The Bertz CT molecular complexity index is 922. The van der Waals surface area contributed by atoms with E-state index in [-0.39, 0.29) is 12.4 Å². The molecule has 3 aromatic rings. The summed E-state index contributed by atoms with van der Waals surface area (Å²) < 4.78 is 10.5. The fraction of sp³-hybridized carbons (Fsp3) is 0.286. The Morgan fingerprint density at radius 3 is 2.71 bits per heavy atom. The fourth-order valence-corrected chi connectivity index (χ4v) is 2.84. The van der Waals surface area contributed by atoms with Gasteiger partial charge >= 0.3 is 5.97 Å². The molecular weight excluding hydrogens is 356 g/mol. The van der Waals surface area contributed by atoms with E-state index in [1.54, 1.807) is 0 Å². The van der Waals surface area contributed by atoms with Crippen LogP contribution in [0.25, 0.3) is 11.5 Å². The zero-order valence-corrected chi connectivity index (χ0v) is 16.0. The number of aromatic nitrogens is 2. The molecule has 3 N–H and O–H groups in total. The van der Waals surface area contributed by atoms with Crippen LogP contribution in [-0.2, 0) is 21.5 Å². The van der Waals surface area contributed by atoms with Gasteiger partial charge in [0.2, 0.25) is 11.8 Å². The van der Waals surface area contributed by atoms with Gasteiger partial charge in [-0.2, -0.15) is 0 Å². The SMILES string of the molecule is COC(=O)CCNc1cccc(-c2nnc([C@](C)(N)Cc3ccccc3)o2)c1. The number of carbonyl (C=O) groups is 1. The molecule has 0 aliphatic heterocycles. The Labute approximate surface area is 163 Å². The highest BCUT2D eigenvalue weighted by molar-refractivity contribution is 5.70. The van der Waals surface area contributed by atoms with Crippen molar-refractivity contribution in [3.63, 3.8) is 0 Å². The number of esters is 1. The van der Waals surface area contributed by atoms with E-state index in [1.165, 1.54) is 7.11 Å². The molecule has 0 unspecified atom stereocenters. The van der Waals surface area contributed by atoms with Gasteiger partial charge in [-0.25, -0.2) is 0 Å². The molecule has 0 spiro atoms. The van der Waals surface area contributed by atoms with Gasteiger partial charge in [0.15, 0.2) is 0 Å². The van der Waals surface area contributed by atoms with Crippen LogP contribution in [0.15, 0.2) is 59.0 Å². The Morgan fingerprint density at radius 2 is 1.96 bits per heavy atom. The maximum absolute atomic E-state index is 11.2. The van der Waals surface area contributed by atoms with Crippen LogP contribution in [0.2, 0.25) is 0 Å². The summed E-state index contributed by atoms with van der Waals surface area (Å²) in [6.07, 6.45) is 0.876. The molecule has 0 saturated heterocycles. The van der Waals surface area contributed by atoms with E-state index >= 15 is 0 Å². The molecular formula is C21H24N4O3. The van der Waals surface area contributed by atoms with Crippen LogP contribution >= 0.6 is 0 Å². The topological polar surface area (TPSA) is 103 Å². The Morgan fingerprint density at radius 1 is 1.18 bits per heavy atom. The van der Waals surface area contributed by atoms with Crippen molar-refractivity contribution in [3.8, 4) is 11.5 Å². The highest BCUT2D eigenvalue weighted by Gasteiger charge is 2.28. The lowest BCUT2D eigenvalue weighted by atomic mass is 9.94. The van der Waals surface area contributed by atoms with E-state index in [1.807, 2.05) is 61.5 Å². The number of nitrogens with zero attached hydrogens (tertiary/aromatic N) is 2. The van der Waals surface area contributed by atoms with Gasteiger partial charge in [-0.3, -0.25) is 4.79 Å². The van der Waals surface area contributed by atoms with Gasteiger partial charge in [-0.15, -0.1) is 10.2 Å². The smallest absolute Gasteiger partial charge is 0.307 e. The second-order valence-corrected chi connectivity index (χ2v) is 6.83. The molecule has 0 amide bonds. The van der Waals surface area contributed by atoms with Crippen molar-refractivity contribution in [2.75, 3.05) is 19.0 Å². The van der Waals surface area contributed by atoms with E-state index in [2.05, 4.69) is 20.3 Å². The molecule has 2 aromatic carbocycles. The van der Waals surface area contributed by atoms with Crippen LogP contribution in [0, 0.1) is 0 Å². The van der Waals surface area contributed by atoms with Crippen molar-refractivity contribution in [1.82, 2.24) is 10.2 Å². The van der Waals surface area contributed by atoms with Gasteiger partial charge in [0, 0.05) is 17.8 Å². The van der Waals surface area contributed by atoms with Gasteiger partial charge in [0.1, 0.15) is 0 Å². The molecule has 1 aromatic heterocycles. The van der Waals surface area contributed by atoms with Crippen molar-refractivity contribution < 1.29 is 13.9 Å². The van der Waals surface area contributed by atoms with Crippen molar-refractivity contribution in [1.29, 1.82) is 0 Å². The third-order valence-electron chi connectivity index (χ3n) is 4.32. The predicted octanol–water partition coefficient (Wildman–Crippen LogP) is 3.13. The summed E-state index contributed by atoms with van der Waals surface area (Å²) in [5, 5.41) is 11.5. The van der Waals surface area contributed by atoms with Crippen molar-refractivity contribution in [3.05, 3.63) is 66.1 Å². The first-order valence-electron chi connectivity index (χ1n) is 9.06. The summed E-state index contributed by atoms with van der Waals surface area (Å²) in [6, 6.07) is 17.5. The first-order valence-corrected chi connectivity index (χ1v) is 9.06. The number of benzene rings is 2. The average Bonchev–Trinajstić information content (AvgIpc) is 3.20.